The van der Waals surface area contributed by atoms with Crippen molar-refractivity contribution < 1.29 is 4.79 Å². The predicted molar refractivity (Wildman–Crippen MR) is 125 cm³/mol. The number of carbonyl (C=O) groups is 1. The van der Waals surface area contributed by atoms with E-state index in [0.29, 0.717) is 21.6 Å². The van der Waals surface area contributed by atoms with Gasteiger partial charge in [-0.05, 0) is 43.4 Å². The third-order valence-corrected chi connectivity index (χ3v) is 5.88. The molecule has 1 amide bonds. The summed E-state index contributed by atoms with van der Waals surface area (Å²) in [6.45, 7) is 4.10. The molecule has 3 N–H and O–H groups in total. The van der Waals surface area contributed by atoms with Crippen molar-refractivity contribution >= 4 is 46.4 Å². The van der Waals surface area contributed by atoms with E-state index in [1.165, 1.54) is 11.9 Å². The normalized spacial score (nSPS) is 14.5. The minimum absolute atomic E-state index is 0.144. The van der Waals surface area contributed by atoms with Gasteiger partial charge in [0.05, 0.1) is 21.3 Å². The van der Waals surface area contributed by atoms with Crippen LogP contribution in [0.5, 0.6) is 0 Å². The first-order chi connectivity index (χ1) is 14.9. The van der Waals surface area contributed by atoms with Crippen molar-refractivity contribution in [3.05, 3.63) is 64.3 Å². The molecule has 1 aromatic heterocycles. The Morgan fingerprint density at radius 3 is 2.29 bits per heavy atom. The number of hydrogen-bond acceptors (Lipinski definition) is 6. The SMILES string of the molecule is CN1CCN(c2ccc(Nc3ncc(C(N)=O)c(-c4c(Cl)cccc4Cl)n3)cc2)CC1. The third-order valence-electron chi connectivity index (χ3n) is 5.25. The first kappa shape index (κ1) is 21.4. The van der Waals surface area contributed by atoms with E-state index in [2.05, 4.69) is 44.3 Å². The van der Waals surface area contributed by atoms with Gasteiger partial charge in [0.25, 0.3) is 5.91 Å². The molecule has 4 rings (SSSR count). The lowest BCUT2D eigenvalue weighted by Gasteiger charge is -2.34. The molecule has 0 atom stereocenters. The number of benzene rings is 2. The van der Waals surface area contributed by atoms with Gasteiger partial charge in [-0.2, -0.15) is 0 Å². The third kappa shape index (κ3) is 4.74. The van der Waals surface area contributed by atoms with E-state index in [1.807, 2.05) is 12.1 Å². The van der Waals surface area contributed by atoms with E-state index in [4.69, 9.17) is 28.9 Å². The summed E-state index contributed by atoms with van der Waals surface area (Å²) in [5.41, 5.74) is 8.38. The van der Waals surface area contributed by atoms with E-state index in [9.17, 15) is 4.79 Å². The van der Waals surface area contributed by atoms with Gasteiger partial charge in [-0.3, -0.25) is 4.79 Å². The Balaban J connectivity index is 1.60. The molecule has 31 heavy (non-hydrogen) atoms. The lowest BCUT2D eigenvalue weighted by Crippen LogP contribution is -2.44. The fraction of sp³-hybridized carbons (Fsp3) is 0.227. The lowest BCUT2D eigenvalue weighted by molar-refractivity contribution is 0.100. The molecular weight excluding hydrogens is 435 g/mol. The Kier molecular flexibility index (Phi) is 6.27. The van der Waals surface area contributed by atoms with Crippen LogP contribution in [0.15, 0.2) is 48.7 Å². The van der Waals surface area contributed by atoms with Gasteiger partial charge in [-0.25, -0.2) is 9.97 Å². The number of anilines is 3. The lowest BCUT2D eigenvalue weighted by atomic mass is 10.1. The number of aromatic nitrogens is 2. The van der Waals surface area contributed by atoms with E-state index < -0.39 is 5.91 Å². The number of rotatable bonds is 5. The zero-order chi connectivity index (χ0) is 22.0. The molecule has 7 nitrogen and oxygen atoms in total. The van der Waals surface area contributed by atoms with Crippen LogP contribution in [-0.4, -0.2) is 54.0 Å². The average Bonchev–Trinajstić information content (AvgIpc) is 2.75. The van der Waals surface area contributed by atoms with Crippen molar-refractivity contribution in [3.8, 4) is 11.3 Å². The first-order valence-electron chi connectivity index (χ1n) is 9.84. The van der Waals surface area contributed by atoms with Crippen LogP contribution in [0.4, 0.5) is 17.3 Å². The fourth-order valence-corrected chi connectivity index (χ4v) is 4.06. The fourth-order valence-electron chi connectivity index (χ4n) is 3.49. The summed E-state index contributed by atoms with van der Waals surface area (Å²) in [5.74, 6) is -0.350. The van der Waals surface area contributed by atoms with Crippen LogP contribution >= 0.6 is 23.2 Å². The molecule has 0 unspecified atom stereocenters. The summed E-state index contributed by atoms with van der Waals surface area (Å²) in [5, 5.41) is 3.91. The zero-order valence-electron chi connectivity index (χ0n) is 17.0. The van der Waals surface area contributed by atoms with Crippen LogP contribution < -0.4 is 16.0 Å². The number of likely N-dealkylation sites (N-methyl/N-ethyl adjacent to an activating group) is 1. The van der Waals surface area contributed by atoms with Crippen LogP contribution in [0.2, 0.25) is 10.0 Å². The van der Waals surface area contributed by atoms with E-state index in [0.717, 1.165) is 31.9 Å². The summed E-state index contributed by atoms with van der Waals surface area (Å²) in [6, 6.07) is 13.2. The highest BCUT2D eigenvalue weighted by molar-refractivity contribution is 6.39. The van der Waals surface area contributed by atoms with Crippen LogP contribution in [0.3, 0.4) is 0 Å². The molecule has 2 aromatic carbocycles. The second-order valence-corrected chi connectivity index (χ2v) is 8.19. The maximum Gasteiger partial charge on any atom is 0.252 e. The molecule has 1 aliphatic heterocycles. The highest BCUT2D eigenvalue weighted by Gasteiger charge is 2.19. The Labute approximate surface area is 190 Å². The summed E-state index contributed by atoms with van der Waals surface area (Å²) in [6.07, 6.45) is 1.38. The largest absolute Gasteiger partial charge is 0.369 e. The number of amides is 1. The van der Waals surface area contributed by atoms with Gasteiger partial charge in [0, 0.05) is 49.3 Å². The Morgan fingerprint density at radius 2 is 1.68 bits per heavy atom. The molecule has 1 fully saturated rings. The van der Waals surface area contributed by atoms with Crippen LogP contribution in [-0.2, 0) is 0 Å². The topological polar surface area (TPSA) is 87.4 Å². The molecule has 1 aliphatic rings. The van der Waals surface area contributed by atoms with Crippen molar-refractivity contribution in [1.82, 2.24) is 14.9 Å². The summed E-state index contributed by atoms with van der Waals surface area (Å²) >= 11 is 12.7. The minimum Gasteiger partial charge on any atom is -0.369 e. The molecule has 160 valence electrons. The number of hydrogen-bond donors (Lipinski definition) is 2. The first-order valence-corrected chi connectivity index (χ1v) is 10.6. The number of halogens is 2. The van der Waals surface area contributed by atoms with Crippen molar-refractivity contribution in [2.75, 3.05) is 43.4 Å². The molecule has 3 aromatic rings. The number of piperazine rings is 1. The van der Waals surface area contributed by atoms with Gasteiger partial charge in [-0.1, -0.05) is 29.3 Å². The average molecular weight is 457 g/mol. The molecule has 0 saturated carbocycles. The molecule has 0 bridgehead atoms. The number of nitrogens with two attached hydrogens (primary N) is 1. The Hall–Kier alpha value is -2.87. The minimum atomic E-state index is -0.658. The number of nitrogens with one attached hydrogen (secondary N) is 1. The standard InChI is InChI=1S/C22H22Cl2N6O/c1-29-9-11-30(12-10-29)15-7-5-14(6-8-15)27-22-26-13-16(21(25)31)20(28-22)19-17(23)3-2-4-18(19)24/h2-8,13H,9-12H2,1H3,(H2,25,31)(H,26,27,28). The Bertz CT molecular complexity index is 1080. The number of nitrogens with zero attached hydrogens (tertiary/aromatic N) is 4. The van der Waals surface area contributed by atoms with Crippen LogP contribution in [0, 0.1) is 0 Å². The second-order valence-electron chi connectivity index (χ2n) is 7.38. The molecule has 2 heterocycles. The van der Waals surface area contributed by atoms with Gasteiger partial charge in [0.2, 0.25) is 5.95 Å². The molecular formula is C22H22Cl2N6O. The van der Waals surface area contributed by atoms with Gasteiger partial charge < -0.3 is 20.9 Å². The van der Waals surface area contributed by atoms with Crippen LogP contribution in [0.25, 0.3) is 11.3 Å². The quantitative estimate of drug-likeness (QED) is 0.601. The highest BCUT2D eigenvalue weighted by Crippen LogP contribution is 2.35. The maximum absolute atomic E-state index is 11.9. The van der Waals surface area contributed by atoms with Crippen molar-refractivity contribution in [1.29, 1.82) is 0 Å². The molecule has 1 saturated heterocycles. The maximum atomic E-state index is 11.9. The molecule has 9 heteroatoms. The number of primary amides is 1. The molecule has 0 aliphatic carbocycles. The van der Waals surface area contributed by atoms with Gasteiger partial charge in [0.1, 0.15) is 0 Å². The summed E-state index contributed by atoms with van der Waals surface area (Å²) in [7, 11) is 2.14. The summed E-state index contributed by atoms with van der Waals surface area (Å²) < 4.78 is 0. The predicted octanol–water partition coefficient (Wildman–Crippen LogP) is 4.04. The molecule has 0 spiro atoms. The van der Waals surface area contributed by atoms with Crippen LogP contribution in [0.1, 0.15) is 10.4 Å². The van der Waals surface area contributed by atoms with E-state index >= 15 is 0 Å². The second kappa shape index (κ2) is 9.09. The summed E-state index contributed by atoms with van der Waals surface area (Å²) in [4.78, 5) is 25.3. The van der Waals surface area contributed by atoms with Crippen molar-refractivity contribution in [2.24, 2.45) is 5.73 Å². The van der Waals surface area contributed by atoms with Gasteiger partial charge in [0.15, 0.2) is 0 Å². The smallest absolute Gasteiger partial charge is 0.252 e. The van der Waals surface area contributed by atoms with E-state index in [1.54, 1.807) is 18.2 Å². The van der Waals surface area contributed by atoms with Crippen molar-refractivity contribution in [3.63, 3.8) is 0 Å². The van der Waals surface area contributed by atoms with Gasteiger partial charge >= 0.3 is 0 Å². The van der Waals surface area contributed by atoms with E-state index in [-0.39, 0.29) is 11.3 Å². The zero-order valence-corrected chi connectivity index (χ0v) is 18.5. The monoisotopic (exact) mass is 456 g/mol. The Morgan fingerprint density at radius 1 is 1.03 bits per heavy atom. The number of carbonyl (C=O) groups excluding carboxylic acids is 1. The van der Waals surface area contributed by atoms with Gasteiger partial charge in [-0.15, -0.1) is 0 Å². The highest BCUT2D eigenvalue weighted by atomic mass is 35.5. The molecule has 0 radical (unpaired) electrons. The van der Waals surface area contributed by atoms with Crippen molar-refractivity contribution in [2.45, 2.75) is 0 Å².